The summed E-state index contributed by atoms with van der Waals surface area (Å²) in [4.78, 5) is 22.3. The lowest BCUT2D eigenvalue weighted by Crippen LogP contribution is -2.33. The van der Waals surface area contributed by atoms with Crippen molar-refractivity contribution in [1.29, 1.82) is 0 Å². The molecule has 60 valence electrons. The first-order valence-electron chi connectivity index (χ1n) is 4.30. The van der Waals surface area contributed by atoms with Crippen LogP contribution in [0.2, 0.25) is 0 Å². The summed E-state index contributed by atoms with van der Waals surface area (Å²) in [5, 5.41) is 0. The monoisotopic (exact) mass is 152 g/mol. The number of fused-ring (bicyclic) bond motifs is 2. The van der Waals surface area contributed by atoms with Crippen molar-refractivity contribution >= 4 is 11.6 Å². The van der Waals surface area contributed by atoms with E-state index in [-0.39, 0.29) is 5.92 Å². The summed E-state index contributed by atoms with van der Waals surface area (Å²) in [6, 6.07) is 0. The van der Waals surface area contributed by atoms with Gasteiger partial charge in [0.15, 0.2) is 0 Å². The number of carbonyl (C=O) groups excluding carboxylic acids is 2. The largest absolute Gasteiger partial charge is 0.300 e. The number of rotatable bonds is 0. The highest BCUT2D eigenvalue weighted by molar-refractivity contribution is 5.90. The smallest absolute Gasteiger partial charge is 0.136 e. The molecule has 0 unspecified atom stereocenters. The fourth-order valence-corrected chi connectivity index (χ4v) is 2.26. The Morgan fingerprint density at radius 2 is 2.00 bits per heavy atom. The van der Waals surface area contributed by atoms with Crippen molar-refractivity contribution in [2.24, 2.45) is 11.8 Å². The van der Waals surface area contributed by atoms with Gasteiger partial charge in [0, 0.05) is 25.2 Å². The number of ketones is 2. The molecule has 0 spiro atoms. The summed E-state index contributed by atoms with van der Waals surface area (Å²) in [5.41, 5.74) is 0. The van der Waals surface area contributed by atoms with Crippen LogP contribution in [-0.2, 0) is 9.59 Å². The molecule has 0 aromatic rings. The fourth-order valence-electron chi connectivity index (χ4n) is 2.26. The van der Waals surface area contributed by atoms with E-state index < -0.39 is 0 Å². The lowest BCUT2D eigenvalue weighted by Gasteiger charge is -2.31. The normalized spacial score (nSPS) is 37.5. The lowest BCUT2D eigenvalue weighted by molar-refractivity contribution is -0.134. The Morgan fingerprint density at radius 3 is 2.82 bits per heavy atom. The van der Waals surface area contributed by atoms with Crippen LogP contribution in [0.15, 0.2) is 0 Å². The third kappa shape index (κ3) is 1.22. The molecule has 2 nitrogen and oxygen atoms in total. The second-order valence-electron chi connectivity index (χ2n) is 3.75. The van der Waals surface area contributed by atoms with E-state index in [1.165, 1.54) is 0 Å². The SMILES string of the molecule is O=C1C[C@@H]2CCC(=O)[C@H](C1)C2. The molecular formula is C9H12O2. The van der Waals surface area contributed by atoms with Gasteiger partial charge in [0.25, 0.3) is 0 Å². The zero-order valence-corrected chi connectivity index (χ0v) is 6.51. The van der Waals surface area contributed by atoms with Crippen molar-refractivity contribution in [1.82, 2.24) is 0 Å². The average Bonchev–Trinajstić information content (AvgIpc) is 1.97. The Kier molecular flexibility index (Phi) is 1.55. The zero-order valence-electron chi connectivity index (χ0n) is 6.51. The van der Waals surface area contributed by atoms with Gasteiger partial charge in [0.2, 0.25) is 0 Å². The van der Waals surface area contributed by atoms with Gasteiger partial charge in [-0.2, -0.15) is 0 Å². The Hall–Kier alpha value is -0.660. The van der Waals surface area contributed by atoms with Gasteiger partial charge < -0.3 is 0 Å². The third-order valence-electron chi connectivity index (χ3n) is 2.86. The molecular weight excluding hydrogens is 140 g/mol. The van der Waals surface area contributed by atoms with Crippen LogP contribution in [-0.4, -0.2) is 11.6 Å². The molecule has 0 heterocycles. The molecule has 2 aliphatic carbocycles. The van der Waals surface area contributed by atoms with Crippen molar-refractivity contribution in [2.45, 2.75) is 32.1 Å². The van der Waals surface area contributed by atoms with E-state index in [1.807, 2.05) is 0 Å². The average molecular weight is 152 g/mol. The first-order valence-corrected chi connectivity index (χ1v) is 4.30. The minimum Gasteiger partial charge on any atom is -0.300 e. The van der Waals surface area contributed by atoms with Crippen molar-refractivity contribution in [2.75, 3.05) is 0 Å². The van der Waals surface area contributed by atoms with Gasteiger partial charge in [-0.05, 0) is 18.8 Å². The summed E-state index contributed by atoms with van der Waals surface area (Å²) in [5.74, 6) is 1.28. The molecule has 2 aliphatic rings. The van der Waals surface area contributed by atoms with Gasteiger partial charge in [-0.15, -0.1) is 0 Å². The molecule has 2 rings (SSSR count). The van der Waals surface area contributed by atoms with Crippen LogP contribution < -0.4 is 0 Å². The van der Waals surface area contributed by atoms with Gasteiger partial charge in [-0.3, -0.25) is 9.59 Å². The van der Waals surface area contributed by atoms with Crippen LogP contribution >= 0.6 is 0 Å². The molecule has 2 atom stereocenters. The van der Waals surface area contributed by atoms with E-state index in [0.717, 1.165) is 25.7 Å². The second kappa shape index (κ2) is 2.43. The number of hydrogen-bond donors (Lipinski definition) is 0. The van der Waals surface area contributed by atoms with Crippen LogP contribution in [0.25, 0.3) is 0 Å². The maximum absolute atomic E-state index is 11.2. The summed E-state index contributed by atoms with van der Waals surface area (Å²) in [7, 11) is 0. The Balaban J connectivity index is 2.14. The van der Waals surface area contributed by atoms with Gasteiger partial charge in [-0.25, -0.2) is 0 Å². The topological polar surface area (TPSA) is 34.1 Å². The molecule has 0 saturated heterocycles. The van der Waals surface area contributed by atoms with Crippen molar-refractivity contribution < 1.29 is 9.59 Å². The van der Waals surface area contributed by atoms with Crippen LogP contribution in [0, 0.1) is 11.8 Å². The second-order valence-corrected chi connectivity index (χ2v) is 3.75. The lowest BCUT2D eigenvalue weighted by atomic mass is 9.71. The molecule has 2 fully saturated rings. The predicted molar refractivity (Wildman–Crippen MR) is 40.1 cm³/mol. The number of carbonyl (C=O) groups is 2. The summed E-state index contributed by atoms with van der Waals surface area (Å²) in [6.07, 6.45) is 3.95. The van der Waals surface area contributed by atoms with E-state index in [1.54, 1.807) is 0 Å². The first-order chi connectivity index (χ1) is 5.25. The van der Waals surface area contributed by atoms with E-state index in [0.29, 0.717) is 23.9 Å². The first kappa shape index (κ1) is 7.01. The molecule has 2 saturated carbocycles. The summed E-state index contributed by atoms with van der Waals surface area (Å²) >= 11 is 0. The molecule has 2 bridgehead atoms. The zero-order chi connectivity index (χ0) is 7.84. The molecule has 0 amide bonds. The van der Waals surface area contributed by atoms with E-state index in [4.69, 9.17) is 0 Å². The van der Waals surface area contributed by atoms with Crippen LogP contribution in [0.3, 0.4) is 0 Å². The highest BCUT2D eigenvalue weighted by Gasteiger charge is 2.35. The Labute approximate surface area is 66.0 Å². The highest BCUT2D eigenvalue weighted by Crippen LogP contribution is 2.35. The standard InChI is InChI=1S/C9H12O2/c10-8-4-6-1-2-9(11)7(3-6)5-8/h6-7H,1-5H2/t6-,7+/m1/s1. The molecule has 2 heteroatoms. The van der Waals surface area contributed by atoms with Crippen LogP contribution in [0.5, 0.6) is 0 Å². The van der Waals surface area contributed by atoms with Crippen LogP contribution in [0.4, 0.5) is 0 Å². The van der Waals surface area contributed by atoms with E-state index in [9.17, 15) is 9.59 Å². The van der Waals surface area contributed by atoms with Gasteiger partial charge in [0.05, 0.1) is 0 Å². The molecule has 0 aromatic heterocycles. The van der Waals surface area contributed by atoms with Crippen molar-refractivity contribution in [3.8, 4) is 0 Å². The van der Waals surface area contributed by atoms with Gasteiger partial charge in [-0.1, -0.05) is 0 Å². The van der Waals surface area contributed by atoms with Crippen molar-refractivity contribution in [3.05, 3.63) is 0 Å². The molecule has 0 aliphatic heterocycles. The van der Waals surface area contributed by atoms with Crippen molar-refractivity contribution in [3.63, 3.8) is 0 Å². The molecule has 0 aromatic carbocycles. The fraction of sp³-hybridized carbons (Fsp3) is 0.778. The Bertz CT molecular complexity index is 208. The minimum absolute atomic E-state index is 0.106. The van der Waals surface area contributed by atoms with Crippen LogP contribution in [0.1, 0.15) is 32.1 Å². The highest BCUT2D eigenvalue weighted by atomic mass is 16.1. The molecule has 0 radical (unpaired) electrons. The van der Waals surface area contributed by atoms with E-state index in [2.05, 4.69) is 0 Å². The predicted octanol–water partition coefficient (Wildman–Crippen LogP) is 1.33. The van der Waals surface area contributed by atoms with Gasteiger partial charge >= 0.3 is 0 Å². The van der Waals surface area contributed by atoms with E-state index >= 15 is 0 Å². The maximum atomic E-state index is 11.2. The maximum Gasteiger partial charge on any atom is 0.136 e. The Morgan fingerprint density at radius 1 is 1.18 bits per heavy atom. The van der Waals surface area contributed by atoms with Gasteiger partial charge in [0.1, 0.15) is 11.6 Å². The minimum atomic E-state index is 0.106. The molecule has 0 N–H and O–H groups in total. The quantitative estimate of drug-likeness (QED) is 0.524. The third-order valence-corrected chi connectivity index (χ3v) is 2.86. The summed E-state index contributed by atoms with van der Waals surface area (Å²) < 4.78 is 0. The number of Topliss-reactive ketones (excluding diaryl/α,β-unsaturated/α-hetero) is 2. The number of hydrogen-bond acceptors (Lipinski definition) is 2. The molecule has 11 heavy (non-hydrogen) atoms. The summed E-state index contributed by atoms with van der Waals surface area (Å²) in [6.45, 7) is 0.